The molecule has 8 heteroatoms. The number of anilines is 1. The molecule has 0 atom stereocenters. The third-order valence-corrected chi connectivity index (χ3v) is 4.15. The van der Waals surface area contributed by atoms with Crippen LogP contribution in [0.15, 0.2) is 42.6 Å². The molecule has 1 N–H and O–H groups in total. The first-order valence-corrected chi connectivity index (χ1v) is 7.88. The van der Waals surface area contributed by atoms with Gasteiger partial charge in [0.2, 0.25) is 0 Å². The minimum Gasteiger partial charge on any atom is -0.355 e. The van der Waals surface area contributed by atoms with Crippen LogP contribution in [0.4, 0.5) is 10.2 Å². The van der Waals surface area contributed by atoms with Crippen molar-refractivity contribution in [2.24, 2.45) is 0 Å². The van der Waals surface area contributed by atoms with E-state index in [1.54, 1.807) is 18.3 Å². The number of nitrogens with one attached hydrogen (secondary N) is 1. The summed E-state index contributed by atoms with van der Waals surface area (Å²) in [5.41, 5.74) is 1.90. The highest BCUT2D eigenvalue weighted by Crippen LogP contribution is 2.26. The van der Waals surface area contributed by atoms with Crippen LogP contribution in [0.3, 0.4) is 0 Å². The topological polar surface area (TPSA) is 45.5 Å². The molecule has 3 heterocycles. The Bertz CT molecular complexity index is 831. The second-order valence-corrected chi connectivity index (χ2v) is 5.67. The maximum atomic E-state index is 14.2. The first-order chi connectivity index (χ1) is 11.3. The minimum absolute atomic E-state index is 0. The number of aromatic nitrogens is 3. The van der Waals surface area contributed by atoms with Crippen molar-refractivity contribution in [3.05, 3.63) is 48.4 Å². The van der Waals surface area contributed by atoms with Crippen LogP contribution in [0.2, 0.25) is 0 Å². The van der Waals surface area contributed by atoms with Gasteiger partial charge in [-0.25, -0.2) is 9.37 Å². The van der Waals surface area contributed by atoms with Crippen molar-refractivity contribution >= 4 is 36.3 Å². The van der Waals surface area contributed by atoms with Crippen molar-refractivity contribution < 1.29 is 4.39 Å². The van der Waals surface area contributed by atoms with Crippen LogP contribution in [-0.2, 0) is 0 Å². The number of rotatable bonds is 2. The van der Waals surface area contributed by atoms with Gasteiger partial charge in [-0.3, -0.25) is 0 Å². The molecule has 0 saturated carbocycles. The second-order valence-electron chi connectivity index (χ2n) is 5.67. The minimum atomic E-state index is -0.257. The fourth-order valence-electron chi connectivity index (χ4n) is 3.00. The Morgan fingerprint density at radius 1 is 1.04 bits per heavy atom. The zero-order chi connectivity index (χ0) is 15.6. The van der Waals surface area contributed by atoms with Gasteiger partial charge in [-0.2, -0.15) is 9.61 Å². The fraction of sp³-hybridized carbons (Fsp3) is 0.294. The van der Waals surface area contributed by atoms with Gasteiger partial charge in [-0.15, -0.1) is 24.8 Å². The lowest BCUT2D eigenvalue weighted by molar-refractivity contribution is 0.630. The number of hydrogen-bond acceptors (Lipinski definition) is 4. The highest BCUT2D eigenvalue weighted by molar-refractivity contribution is 5.85. The quantitative estimate of drug-likeness (QED) is 0.737. The van der Waals surface area contributed by atoms with Crippen molar-refractivity contribution in [2.75, 3.05) is 31.1 Å². The maximum absolute atomic E-state index is 14.2. The Kier molecular flexibility index (Phi) is 6.58. The monoisotopic (exact) mass is 383 g/mol. The molecule has 1 saturated heterocycles. The second kappa shape index (κ2) is 8.47. The zero-order valence-electron chi connectivity index (χ0n) is 13.6. The molecule has 5 nitrogen and oxygen atoms in total. The van der Waals surface area contributed by atoms with E-state index in [1.807, 2.05) is 22.7 Å². The van der Waals surface area contributed by atoms with Gasteiger partial charge in [0.05, 0.1) is 11.9 Å². The van der Waals surface area contributed by atoms with Crippen LogP contribution in [0.5, 0.6) is 0 Å². The summed E-state index contributed by atoms with van der Waals surface area (Å²) in [5, 5.41) is 7.78. The zero-order valence-corrected chi connectivity index (χ0v) is 15.2. The van der Waals surface area contributed by atoms with Gasteiger partial charge in [0.1, 0.15) is 11.6 Å². The fourth-order valence-corrected chi connectivity index (χ4v) is 3.00. The number of benzene rings is 1. The summed E-state index contributed by atoms with van der Waals surface area (Å²) in [6.45, 7) is 3.79. The van der Waals surface area contributed by atoms with Crippen LogP contribution in [0.1, 0.15) is 6.42 Å². The summed E-state index contributed by atoms with van der Waals surface area (Å²) < 4.78 is 16.0. The molecule has 3 aromatic rings. The van der Waals surface area contributed by atoms with Crippen molar-refractivity contribution in [1.29, 1.82) is 0 Å². The third kappa shape index (κ3) is 3.86. The summed E-state index contributed by atoms with van der Waals surface area (Å²) in [6.07, 6.45) is 2.80. The Balaban J connectivity index is 0.00000113. The predicted molar refractivity (Wildman–Crippen MR) is 103 cm³/mol. The van der Waals surface area contributed by atoms with Crippen LogP contribution < -0.4 is 10.2 Å². The maximum Gasteiger partial charge on any atom is 0.157 e. The van der Waals surface area contributed by atoms with E-state index in [0.29, 0.717) is 11.3 Å². The average Bonchev–Trinajstić information content (AvgIpc) is 2.88. The van der Waals surface area contributed by atoms with Crippen LogP contribution >= 0.6 is 24.8 Å². The summed E-state index contributed by atoms with van der Waals surface area (Å²) in [7, 11) is 0. The van der Waals surface area contributed by atoms with Gasteiger partial charge in [-0.05, 0) is 25.1 Å². The van der Waals surface area contributed by atoms with Crippen molar-refractivity contribution in [2.45, 2.75) is 6.42 Å². The van der Waals surface area contributed by atoms with E-state index in [0.717, 1.165) is 44.1 Å². The molecule has 0 amide bonds. The summed E-state index contributed by atoms with van der Waals surface area (Å²) >= 11 is 0. The predicted octanol–water partition coefficient (Wildman–Crippen LogP) is 3.18. The van der Waals surface area contributed by atoms with E-state index in [1.165, 1.54) is 6.07 Å². The van der Waals surface area contributed by atoms with Crippen LogP contribution in [0.25, 0.3) is 16.9 Å². The molecule has 1 fully saturated rings. The summed E-state index contributed by atoms with van der Waals surface area (Å²) in [4.78, 5) is 6.85. The standard InChI is InChI=1S/C17H18FN5.2ClH/c18-14-5-2-1-4-13(14)15-12-17(22-10-3-7-19-9-11-22)23-16(21-15)6-8-20-23;;/h1-2,4-6,8,12,19H,3,7,9-11H2;2*1H. The largest absolute Gasteiger partial charge is 0.355 e. The van der Waals surface area contributed by atoms with Gasteiger partial charge in [-0.1, -0.05) is 12.1 Å². The Morgan fingerprint density at radius 2 is 1.88 bits per heavy atom. The van der Waals surface area contributed by atoms with Crippen LogP contribution in [0, 0.1) is 5.82 Å². The molecule has 0 unspecified atom stereocenters. The van der Waals surface area contributed by atoms with E-state index >= 15 is 0 Å². The number of fused-ring (bicyclic) bond motifs is 1. The Labute approximate surface area is 158 Å². The summed E-state index contributed by atoms with van der Waals surface area (Å²) in [6, 6.07) is 10.5. The Hall–Kier alpha value is -1.89. The highest BCUT2D eigenvalue weighted by atomic mass is 35.5. The molecule has 0 spiro atoms. The number of nitrogens with zero attached hydrogens (tertiary/aromatic N) is 4. The first kappa shape index (κ1) is 19.4. The molecule has 1 aliphatic heterocycles. The highest BCUT2D eigenvalue weighted by Gasteiger charge is 2.17. The molecule has 0 aliphatic carbocycles. The molecule has 1 aliphatic rings. The van der Waals surface area contributed by atoms with Crippen molar-refractivity contribution in [1.82, 2.24) is 19.9 Å². The van der Waals surface area contributed by atoms with Gasteiger partial charge in [0.15, 0.2) is 5.65 Å². The normalized spacial score (nSPS) is 14.5. The first-order valence-electron chi connectivity index (χ1n) is 7.88. The van der Waals surface area contributed by atoms with Gasteiger partial charge in [0.25, 0.3) is 0 Å². The third-order valence-electron chi connectivity index (χ3n) is 4.15. The SMILES string of the molecule is Cl.Cl.Fc1ccccc1-c1cc(N2CCCNCC2)n2nccc2n1. The van der Waals surface area contributed by atoms with E-state index < -0.39 is 0 Å². The molecular formula is C17H20Cl2FN5. The Morgan fingerprint density at radius 3 is 2.72 bits per heavy atom. The lowest BCUT2D eigenvalue weighted by Gasteiger charge is -2.23. The smallest absolute Gasteiger partial charge is 0.157 e. The van der Waals surface area contributed by atoms with Crippen LogP contribution in [-0.4, -0.2) is 40.8 Å². The molecule has 0 radical (unpaired) electrons. The lowest BCUT2D eigenvalue weighted by Crippen LogP contribution is -2.29. The van der Waals surface area contributed by atoms with E-state index in [9.17, 15) is 4.39 Å². The van der Waals surface area contributed by atoms with Gasteiger partial charge < -0.3 is 10.2 Å². The number of hydrogen-bond donors (Lipinski definition) is 1. The van der Waals surface area contributed by atoms with Crippen molar-refractivity contribution in [3.8, 4) is 11.3 Å². The van der Waals surface area contributed by atoms with E-state index in [4.69, 9.17) is 0 Å². The number of halogens is 3. The molecular weight excluding hydrogens is 364 g/mol. The average molecular weight is 384 g/mol. The van der Waals surface area contributed by atoms with E-state index in [2.05, 4.69) is 20.3 Å². The molecule has 1 aromatic carbocycles. The molecule has 4 rings (SSSR count). The molecule has 2 aromatic heterocycles. The van der Waals surface area contributed by atoms with E-state index in [-0.39, 0.29) is 30.6 Å². The van der Waals surface area contributed by atoms with Gasteiger partial charge >= 0.3 is 0 Å². The molecule has 0 bridgehead atoms. The lowest BCUT2D eigenvalue weighted by atomic mass is 10.1. The molecule has 134 valence electrons. The molecule has 25 heavy (non-hydrogen) atoms. The van der Waals surface area contributed by atoms with Gasteiger partial charge in [0, 0.05) is 37.3 Å². The summed E-state index contributed by atoms with van der Waals surface area (Å²) in [5.74, 6) is 0.703. The van der Waals surface area contributed by atoms with Crippen molar-refractivity contribution in [3.63, 3.8) is 0 Å².